The number of hydrogen-bond acceptors (Lipinski definition) is 4. The van der Waals surface area contributed by atoms with Gasteiger partial charge in [-0.15, -0.1) is 11.3 Å². The monoisotopic (exact) mass is 396 g/mol. The number of thiocarbonyl (C=S) groups is 1. The fraction of sp³-hybridized carbons (Fsp3) is 0.588. The van der Waals surface area contributed by atoms with E-state index in [1.165, 1.54) is 15.9 Å². The van der Waals surface area contributed by atoms with Gasteiger partial charge in [0.05, 0.1) is 18.6 Å². The summed E-state index contributed by atoms with van der Waals surface area (Å²) < 4.78 is 15.7. The highest BCUT2D eigenvalue weighted by atomic mass is 32.1. The van der Waals surface area contributed by atoms with Crippen LogP contribution in [0.25, 0.3) is 10.2 Å². The molecule has 26 heavy (non-hydrogen) atoms. The van der Waals surface area contributed by atoms with Crippen LogP contribution in [0.4, 0.5) is 4.39 Å². The Morgan fingerprint density at radius 3 is 2.73 bits per heavy atom. The summed E-state index contributed by atoms with van der Waals surface area (Å²) >= 11 is 6.77. The molecule has 140 valence electrons. The van der Waals surface area contributed by atoms with Crippen molar-refractivity contribution < 1.29 is 4.39 Å². The molecule has 1 aliphatic heterocycles. The van der Waals surface area contributed by atoms with Crippen LogP contribution >= 0.6 is 23.6 Å². The molecule has 1 saturated heterocycles. The lowest BCUT2D eigenvalue weighted by Crippen LogP contribution is -2.39. The first-order valence-corrected chi connectivity index (χ1v) is 10.1. The van der Waals surface area contributed by atoms with Crippen LogP contribution in [0.1, 0.15) is 35.7 Å². The summed E-state index contributed by atoms with van der Waals surface area (Å²) in [6.07, 6.45) is 1.98. The number of aryl methyl sites for hydroxylation is 2. The van der Waals surface area contributed by atoms with E-state index in [9.17, 15) is 14.0 Å². The second kappa shape index (κ2) is 6.77. The standard InChI is InChI=1S/C17H21FN4O2S2/c1-10-12(9-20-8-6-19-16(20)25)26-15-13(10)14(23)22(11-3-4-11)17(24)21(15)7-2-5-18/h11H,2-9H2,1H3,(H,19,25). The van der Waals surface area contributed by atoms with E-state index >= 15 is 0 Å². The van der Waals surface area contributed by atoms with Gasteiger partial charge in [-0.1, -0.05) is 0 Å². The van der Waals surface area contributed by atoms with Gasteiger partial charge >= 0.3 is 5.69 Å². The van der Waals surface area contributed by atoms with Gasteiger partial charge in [-0.05, 0) is 44.0 Å². The Hall–Kier alpha value is -1.74. The minimum atomic E-state index is -0.485. The van der Waals surface area contributed by atoms with Crippen molar-refractivity contribution in [3.05, 3.63) is 31.3 Å². The van der Waals surface area contributed by atoms with Gasteiger partial charge in [0.25, 0.3) is 5.56 Å². The minimum Gasteiger partial charge on any atom is -0.361 e. The highest BCUT2D eigenvalue weighted by Crippen LogP contribution is 2.34. The molecule has 6 nitrogen and oxygen atoms in total. The van der Waals surface area contributed by atoms with Crippen molar-refractivity contribution in [2.75, 3.05) is 19.8 Å². The van der Waals surface area contributed by atoms with Gasteiger partial charge in [0.2, 0.25) is 0 Å². The van der Waals surface area contributed by atoms with Crippen molar-refractivity contribution >= 4 is 38.9 Å². The number of fused-ring (bicyclic) bond motifs is 1. The zero-order valence-electron chi connectivity index (χ0n) is 14.6. The summed E-state index contributed by atoms with van der Waals surface area (Å²) in [5.41, 5.74) is 0.406. The highest BCUT2D eigenvalue weighted by Gasteiger charge is 2.30. The van der Waals surface area contributed by atoms with E-state index < -0.39 is 6.67 Å². The normalized spacial score (nSPS) is 17.3. The quantitative estimate of drug-likeness (QED) is 0.756. The minimum absolute atomic E-state index is 0.00543. The molecular weight excluding hydrogens is 375 g/mol. The van der Waals surface area contributed by atoms with E-state index in [1.807, 2.05) is 6.92 Å². The number of alkyl halides is 1. The first-order valence-electron chi connectivity index (χ1n) is 8.89. The Morgan fingerprint density at radius 1 is 1.35 bits per heavy atom. The topological polar surface area (TPSA) is 59.3 Å². The van der Waals surface area contributed by atoms with Crippen molar-refractivity contribution in [3.63, 3.8) is 0 Å². The highest BCUT2D eigenvalue weighted by molar-refractivity contribution is 7.80. The molecule has 2 aromatic rings. The molecule has 0 amide bonds. The molecule has 0 unspecified atom stereocenters. The number of nitrogens with one attached hydrogen (secondary N) is 1. The van der Waals surface area contributed by atoms with Crippen molar-refractivity contribution in [1.29, 1.82) is 0 Å². The molecular formula is C17H21FN4O2S2. The Bertz CT molecular complexity index is 989. The van der Waals surface area contributed by atoms with Gasteiger partial charge in [-0.3, -0.25) is 18.3 Å². The molecule has 9 heteroatoms. The Kier molecular flexibility index (Phi) is 4.60. The van der Waals surface area contributed by atoms with Crippen LogP contribution in [-0.2, 0) is 13.1 Å². The first kappa shape index (κ1) is 17.7. The fourth-order valence-corrected chi connectivity index (χ4v) is 5.06. The number of aromatic nitrogens is 2. The summed E-state index contributed by atoms with van der Waals surface area (Å²) in [6.45, 7) is 4.01. The van der Waals surface area contributed by atoms with E-state index in [0.717, 1.165) is 36.4 Å². The predicted molar refractivity (Wildman–Crippen MR) is 105 cm³/mol. The largest absolute Gasteiger partial charge is 0.361 e. The maximum Gasteiger partial charge on any atom is 0.332 e. The van der Waals surface area contributed by atoms with E-state index in [0.29, 0.717) is 28.4 Å². The van der Waals surface area contributed by atoms with Gasteiger partial charge in [-0.25, -0.2) is 4.79 Å². The molecule has 0 spiro atoms. The van der Waals surface area contributed by atoms with Gasteiger partial charge in [0.15, 0.2) is 5.11 Å². The van der Waals surface area contributed by atoms with Crippen molar-refractivity contribution in [2.24, 2.45) is 0 Å². The Morgan fingerprint density at radius 2 is 2.12 bits per heavy atom. The molecule has 3 heterocycles. The van der Waals surface area contributed by atoms with E-state index in [1.54, 1.807) is 4.57 Å². The average Bonchev–Trinajstić information content (AvgIpc) is 3.28. The van der Waals surface area contributed by atoms with Gasteiger partial charge in [-0.2, -0.15) is 0 Å². The number of thiophene rings is 1. The molecule has 1 N–H and O–H groups in total. The maximum atomic E-state index is 13.0. The second-order valence-electron chi connectivity index (χ2n) is 6.87. The van der Waals surface area contributed by atoms with Crippen molar-refractivity contribution in [2.45, 2.75) is 45.3 Å². The van der Waals surface area contributed by atoms with Crippen LogP contribution in [0.3, 0.4) is 0 Å². The molecule has 1 saturated carbocycles. The van der Waals surface area contributed by atoms with Crippen LogP contribution in [-0.4, -0.2) is 38.9 Å². The number of halogens is 1. The summed E-state index contributed by atoms with van der Waals surface area (Å²) in [5.74, 6) is 0. The third kappa shape index (κ3) is 2.87. The lowest BCUT2D eigenvalue weighted by atomic mass is 10.2. The Labute approximate surface area is 159 Å². The summed E-state index contributed by atoms with van der Waals surface area (Å²) in [4.78, 5) is 29.7. The molecule has 4 rings (SSSR count). The molecule has 0 radical (unpaired) electrons. The van der Waals surface area contributed by atoms with Crippen LogP contribution in [0, 0.1) is 6.92 Å². The molecule has 2 aromatic heterocycles. The molecule has 0 bridgehead atoms. The van der Waals surface area contributed by atoms with Crippen LogP contribution < -0.4 is 16.6 Å². The number of rotatable bonds is 6. The summed E-state index contributed by atoms with van der Waals surface area (Å²) in [6, 6.07) is -0.00543. The predicted octanol–water partition coefficient (Wildman–Crippen LogP) is 1.92. The Balaban J connectivity index is 1.88. The van der Waals surface area contributed by atoms with Crippen LogP contribution in [0.2, 0.25) is 0 Å². The van der Waals surface area contributed by atoms with E-state index in [4.69, 9.17) is 12.2 Å². The van der Waals surface area contributed by atoms with E-state index in [-0.39, 0.29) is 23.7 Å². The molecule has 2 fully saturated rings. The first-order chi connectivity index (χ1) is 12.5. The molecule has 0 atom stereocenters. The lowest BCUT2D eigenvalue weighted by molar-refractivity contribution is 0.440. The third-order valence-electron chi connectivity index (χ3n) is 5.05. The van der Waals surface area contributed by atoms with Gasteiger partial charge < -0.3 is 10.2 Å². The third-order valence-corrected chi connectivity index (χ3v) is 6.75. The average molecular weight is 397 g/mol. The van der Waals surface area contributed by atoms with Crippen molar-refractivity contribution in [3.8, 4) is 0 Å². The number of nitrogens with zero attached hydrogens (tertiary/aromatic N) is 3. The molecule has 2 aliphatic rings. The summed E-state index contributed by atoms with van der Waals surface area (Å²) in [7, 11) is 0. The lowest BCUT2D eigenvalue weighted by Gasteiger charge is -2.15. The zero-order chi connectivity index (χ0) is 18.4. The van der Waals surface area contributed by atoms with E-state index in [2.05, 4.69) is 10.2 Å². The molecule has 0 aromatic carbocycles. The van der Waals surface area contributed by atoms with Crippen molar-refractivity contribution in [1.82, 2.24) is 19.4 Å². The van der Waals surface area contributed by atoms with Crippen LogP contribution in [0.15, 0.2) is 9.59 Å². The second-order valence-corrected chi connectivity index (χ2v) is 8.34. The smallest absolute Gasteiger partial charge is 0.332 e. The number of hydrogen-bond donors (Lipinski definition) is 1. The summed E-state index contributed by atoms with van der Waals surface area (Å²) in [5, 5.41) is 4.45. The SMILES string of the molecule is Cc1c(CN2CCNC2=S)sc2c1c(=O)n(C1CC1)c(=O)n2CCCF. The maximum absolute atomic E-state index is 13.0. The molecule has 1 aliphatic carbocycles. The fourth-order valence-electron chi connectivity index (χ4n) is 3.47. The zero-order valence-corrected chi connectivity index (χ0v) is 16.2. The van der Waals surface area contributed by atoms with Crippen LogP contribution in [0.5, 0.6) is 0 Å². The van der Waals surface area contributed by atoms with Gasteiger partial charge in [0, 0.05) is 30.6 Å². The van der Waals surface area contributed by atoms with Gasteiger partial charge in [0.1, 0.15) is 4.83 Å².